The summed E-state index contributed by atoms with van der Waals surface area (Å²) < 4.78 is 5.65. The van der Waals surface area contributed by atoms with E-state index in [0.717, 1.165) is 10.5 Å². The summed E-state index contributed by atoms with van der Waals surface area (Å²) >= 11 is 0. The summed E-state index contributed by atoms with van der Waals surface area (Å²) in [5, 5.41) is 7.88. The third-order valence-electron chi connectivity index (χ3n) is 5.23. The number of anilines is 2. The van der Waals surface area contributed by atoms with Crippen LogP contribution in [-0.4, -0.2) is 41.8 Å². The number of imide groups is 1. The van der Waals surface area contributed by atoms with E-state index in [9.17, 15) is 19.2 Å². The molecule has 0 atom stereocenters. The molecule has 36 heavy (non-hydrogen) atoms. The van der Waals surface area contributed by atoms with Crippen molar-refractivity contribution in [1.82, 2.24) is 10.2 Å². The minimum absolute atomic E-state index is 0.00655. The quantitative estimate of drug-likeness (QED) is 0.334. The standard InChI is InChI=1S/C27H24N4O5/c1-18-11-13-21(14-12-18)28-24(32)16-31-26(34)22(30-27(31)35)15-19-7-5-6-10-23(19)36-17-25(33)29-20-8-3-2-4-9-20/h2-15H,16-17H2,1H3,(H,28,32)(H,29,33)(H,30,35)/b22-15-. The number of ether oxygens (including phenoxy) is 1. The maximum atomic E-state index is 12.8. The van der Waals surface area contributed by atoms with Crippen molar-refractivity contribution in [2.45, 2.75) is 6.92 Å². The Morgan fingerprint density at radius 3 is 2.25 bits per heavy atom. The van der Waals surface area contributed by atoms with Gasteiger partial charge in [-0.05, 0) is 43.3 Å². The molecule has 1 saturated heterocycles. The van der Waals surface area contributed by atoms with Gasteiger partial charge in [0.15, 0.2) is 6.61 Å². The van der Waals surface area contributed by atoms with Crippen LogP contribution in [0.3, 0.4) is 0 Å². The number of benzene rings is 3. The molecule has 0 saturated carbocycles. The number of para-hydroxylation sites is 2. The summed E-state index contributed by atoms with van der Waals surface area (Å²) in [5.41, 5.74) is 2.73. The van der Waals surface area contributed by atoms with Crippen molar-refractivity contribution < 1.29 is 23.9 Å². The van der Waals surface area contributed by atoms with Crippen molar-refractivity contribution in [3.8, 4) is 5.75 Å². The Hall–Kier alpha value is -4.92. The van der Waals surface area contributed by atoms with Gasteiger partial charge < -0.3 is 20.7 Å². The highest BCUT2D eigenvalue weighted by Crippen LogP contribution is 2.23. The lowest BCUT2D eigenvalue weighted by Gasteiger charge is -2.12. The molecule has 0 radical (unpaired) electrons. The molecule has 9 heteroatoms. The normalized spacial score (nSPS) is 13.9. The van der Waals surface area contributed by atoms with Gasteiger partial charge in [0, 0.05) is 16.9 Å². The molecule has 1 heterocycles. The lowest BCUT2D eigenvalue weighted by molar-refractivity contribution is -0.127. The fraction of sp³-hybridized carbons (Fsp3) is 0.111. The second-order valence-corrected chi connectivity index (χ2v) is 8.03. The van der Waals surface area contributed by atoms with Gasteiger partial charge in [0.25, 0.3) is 11.8 Å². The Morgan fingerprint density at radius 2 is 1.50 bits per heavy atom. The maximum absolute atomic E-state index is 12.8. The van der Waals surface area contributed by atoms with Gasteiger partial charge in [0.2, 0.25) is 5.91 Å². The summed E-state index contributed by atoms with van der Waals surface area (Å²) in [4.78, 5) is 50.6. The molecule has 5 amide bonds. The second-order valence-electron chi connectivity index (χ2n) is 8.03. The molecule has 0 unspecified atom stereocenters. The number of amides is 5. The molecule has 0 spiro atoms. The van der Waals surface area contributed by atoms with E-state index in [1.165, 1.54) is 6.08 Å². The van der Waals surface area contributed by atoms with Crippen LogP contribution in [0.25, 0.3) is 6.08 Å². The van der Waals surface area contributed by atoms with Crippen LogP contribution >= 0.6 is 0 Å². The molecule has 1 aliphatic heterocycles. The minimum Gasteiger partial charge on any atom is -0.483 e. The first kappa shape index (κ1) is 24.2. The third kappa shape index (κ3) is 6.15. The number of hydrogen-bond donors (Lipinski definition) is 3. The van der Waals surface area contributed by atoms with Crippen LogP contribution in [0.5, 0.6) is 5.75 Å². The highest BCUT2D eigenvalue weighted by Gasteiger charge is 2.35. The summed E-state index contributed by atoms with van der Waals surface area (Å²) in [6, 6.07) is 22.2. The number of carbonyl (C=O) groups excluding carboxylic acids is 4. The maximum Gasteiger partial charge on any atom is 0.329 e. The van der Waals surface area contributed by atoms with Crippen molar-refractivity contribution in [2.75, 3.05) is 23.8 Å². The Morgan fingerprint density at radius 1 is 0.861 bits per heavy atom. The largest absolute Gasteiger partial charge is 0.483 e. The average molecular weight is 485 g/mol. The Bertz CT molecular complexity index is 1320. The van der Waals surface area contributed by atoms with Crippen molar-refractivity contribution in [1.29, 1.82) is 0 Å². The SMILES string of the molecule is Cc1ccc(NC(=O)CN2C(=O)N/C(=C\c3ccccc3OCC(=O)Nc3ccccc3)C2=O)cc1. The Balaban J connectivity index is 1.39. The molecule has 1 aliphatic rings. The van der Waals surface area contributed by atoms with E-state index in [4.69, 9.17) is 4.74 Å². The molecule has 1 fully saturated rings. The van der Waals surface area contributed by atoms with Gasteiger partial charge in [-0.1, -0.05) is 54.1 Å². The average Bonchev–Trinajstić information content (AvgIpc) is 3.13. The first-order chi connectivity index (χ1) is 17.4. The molecule has 3 N–H and O–H groups in total. The predicted octanol–water partition coefficient (Wildman–Crippen LogP) is 3.54. The smallest absolute Gasteiger partial charge is 0.329 e. The Kier molecular flexibility index (Phi) is 7.40. The van der Waals surface area contributed by atoms with Gasteiger partial charge >= 0.3 is 6.03 Å². The van der Waals surface area contributed by atoms with E-state index in [1.54, 1.807) is 60.7 Å². The summed E-state index contributed by atoms with van der Waals surface area (Å²) in [6.45, 7) is 1.24. The molecule has 0 bridgehead atoms. The molecule has 3 aromatic carbocycles. The van der Waals surface area contributed by atoms with Crippen LogP contribution in [0, 0.1) is 6.92 Å². The number of nitrogens with zero attached hydrogens (tertiary/aromatic N) is 1. The molecule has 0 aromatic heterocycles. The zero-order valence-electron chi connectivity index (χ0n) is 19.5. The molecule has 4 rings (SSSR count). The number of rotatable bonds is 8. The van der Waals surface area contributed by atoms with Crippen molar-refractivity contribution in [3.05, 3.63) is 95.7 Å². The van der Waals surface area contributed by atoms with Crippen LogP contribution in [0.15, 0.2) is 84.6 Å². The van der Waals surface area contributed by atoms with E-state index in [2.05, 4.69) is 16.0 Å². The number of urea groups is 1. The Labute approximate surface area is 207 Å². The second kappa shape index (κ2) is 11.0. The molecular formula is C27H24N4O5. The fourth-order valence-electron chi connectivity index (χ4n) is 3.44. The highest BCUT2D eigenvalue weighted by atomic mass is 16.5. The van der Waals surface area contributed by atoms with Crippen molar-refractivity contribution in [2.24, 2.45) is 0 Å². The summed E-state index contributed by atoms with van der Waals surface area (Å²) in [6.07, 6.45) is 1.45. The fourth-order valence-corrected chi connectivity index (χ4v) is 3.44. The lowest BCUT2D eigenvalue weighted by atomic mass is 10.1. The van der Waals surface area contributed by atoms with Crippen LogP contribution in [0.4, 0.5) is 16.2 Å². The van der Waals surface area contributed by atoms with E-state index in [0.29, 0.717) is 22.7 Å². The van der Waals surface area contributed by atoms with Gasteiger partial charge in [0.1, 0.15) is 18.0 Å². The third-order valence-corrected chi connectivity index (χ3v) is 5.23. The van der Waals surface area contributed by atoms with E-state index >= 15 is 0 Å². The number of carbonyl (C=O) groups is 4. The van der Waals surface area contributed by atoms with Gasteiger partial charge in [0.05, 0.1) is 0 Å². The van der Waals surface area contributed by atoms with Crippen molar-refractivity contribution in [3.63, 3.8) is 0 Å². The zero-order valence-corrected chi connectivity index (χ0v) is 19.5. The lowest BCUT2D eigenvalue weighted by Crippen LogP contribution is -2.38. The summed E-state index contributed by atoms with van der Waals surface area (Å²) in [5.74, 6) is -1.14. The van der Waals surface area contributed by atoms with E-state index in [1.807, 2.05) is 25.1 Å². The first-order valence-corrected chi connectivity index (χ1v) is 11.2. The number of nitrogens with one attached hydrogen (secondary N) is 3. The molecule has 0 aliphatic carbocycles. The van der Waals surface area contributed by atoms with Gasteiger partial charge in [-0.2, -0.15) is 0 Å². The van der Waals surface area contributed by atoms with Crippen LogP contribution in [0.1, 0.15) is 11.1 Å². The molecule has 3 aromatic rings. The number of aryl methyl sites for hydroxylation is 1. The van der Waals surface area contributed by atoms with Crippen LogP contribution in [0.2, 0.25) is 0 Å². The predicted molar refractivity (Wildman–Crippen MR) is 135 cm³/mol. The first-order valence-electron chi connectivity index (χ1n) is 11.2. The summed E-state index contributed by atoms with van der Waals surface area (Å²) in [7, 11) is 0. The molecular weight excluding hydrogens is 460 g/mol. The number of hydrogen-bond acceptors (Lipinski definition) is 5. The van der Waals surface area contributed by atoms with E-state index < -0.39 is 24.4 Å². The van der Waals surface area contributed by atoms with Gasteiger partial charge in [-0.3, -0.25) is 14.4 Å². The van der Waals surface area contributed by atoms with Crippen LogP contribution < -0.4 is 20.7 Å². The molecule has 9 nitrogen and oxygen atoms in total. The highest BCUT2D eigenvalue weighted by molar-refractivity contribution is 6.16. The van der Waals surface area contributed by atoms with Crippen molar-refractivity contribution >= 4 is 41.2 Å². The zero-order chi connectivity index (χ0) is 25.5. The topological polar surface area (TPSA) is 117 Å². The molecule has 182 valence electrons. The van der Waals surface area contributed by atoms with Gasteiger partial charge in [-0.15, -0.1) is 0 Å². The minimum atomic E-state index is -0.703. The van der Waals surface area contributed by atoms with E-state index in [-0.39, 0.29) is 18.2 Å². The van der Waals surface area contributed by atoms with Gasteiger partial charge in [-0.25, -0.2) is 9.69 Å². The van der Waals surface area contributed by atoms with Crippen LogP contribution in [-0.2, 0) is 14.4 Å². The monoisotopic (exact) mass is 484 g/mol.